The normalized spacial score (nSPS) is 18.8. The molecule has 5 rings (SSSR count). The van der Waals surface area contributed by atoms with Crippen LogP contribution in [-0.2, 0) is 21.3 Å². The van der Waals surface area contributed by atoms with Crippen molar-refractivity contribution >= 4 is 34.7 Å². The number of likely N-dealkylation sites (tertiary alicyclic amines) is 1. The molecule has 0 spiro atoms. The van der Waals surface area contributed by atoms with Crippen molar-refractivity contribution in [1.29, 1.82) is 0 Å². The molecular weight excluding hydrogens is 554 g/mol. The van der Waals surface area contributed by atoms with Crippen LogP contribution in [0.2, 0.25) is 5.02 Å². The monoisotopic (exact) mass is 591 g/mol. The summed E-state index contributed by atoms with van der Waals surface area (Å²) in [6, 6.07) is 5.34. The van der Waals surface area contributed by atoms with Gasteiger partial charge in [0, 0.05) is 31.8 Å². The van der Waals surface area contributed by atoms with Crippen molar-refractivity contribution in [2.24, 2.45) is 7.05 Å². The Bertz CT molecular complexity index is 1460. The van der Waals surface area contributed by atoms with E-state index >= 15 is 0 Å². The van der Waals surface area contributed by atoms with Gasteiger partial charge in [0.05, 0.1) is 36.4 Å². The lowest BCUT2D eigenvalue weighted by atomic mass is 9.84. The highest BCUT2D eigenvalue weighted by molar-refractivity contribution is 6.30. The molecule has 2 N–H and O–H groups in total. The molecule has 1 saturated heterocycles. The summed E-state index contributed by atoms with van der Waals surface area (Å²) >= 11 is 6.64. The van der Waals surface area contributed by atoms with Gasteiger partial charge in [-0.25, -0.2) is 9.78 Å². The molecule has 10 heteroatoms. The van der Waals surface area contributed by atoms with E-state index in [9.17, 15) is 9.59 Å². The number of carbonyl (C=O) groups is 2. The number of allylic oxidation sites excluding steroid dienone is 2. The minimum absolute atomic E-state index is 0.0405. The number of dihydropyridines is 1. The zero-order valence-corrected chi connectivity index (χ0v) is 25.3. The SMILES string of the molecule is CCOCC(=O)NC(C1=CC2=CC=CNC2C(=C2CCN(C(=O)OC(C)C)CC2)c2ccc(Cl)cc21)c1cncn1C. The average molecular weight is 592 g/mol. The molecule has 0 bridgehead atoms. The van der Waals surface area contributed by atoms with Crippen LogP contribution in [0.25, 0.3) is 11.1 Å². The summed E-state index contributed by atoms with van der Waals surface area (Å²) in [5.41, 5.74) is 7.23. The lowest BCUT2D eigenvalue weighted by Crippen LogP contribution is -2.39. The summed E-state index contributed by atoms with van der Waals surface area (Å²) in [6.45, 7) is 7.16. The third-order valence-corrected chi connectivity index (χ3v) is 7.96. The van der Waals surface area contributed by atoms with Crippen LogP contribution in [0, 0.1) is 0 Å². The van der Waals surface area contributed by atoms with Crippen molar-refractivity contribution in [2.45, 2.75) is 51.8 Å². The molecule has 0 saturated carbocycles. The summed E-state index contributed by atoms with van der Waals surface area (Å²) in [4.78, 5) is 31.8. The molecule has 0 radical (unpaired) electrons. The van der Waals surface area contributed by atoms with Gasteiger partial charge >= 0.3 is 6.09 Å². The Kier molecular flexibility index (Phi) is 9.18. The molecule has 9 nitrogen and oxygen atoms in total. The van der Waals surface area contributed by atoms with Crippen molar-refractivity contribution in [3.05, 3.63) is 88.1 Å². The first-order chi connectivity index (χ1) is 20.3. The Morgan fingerprint density at radius 3 is 2.69 bits per heavy atom. The standard InChI is InChI=1S/C32H38ClN5O4/c1-5-41-18-28(39)36-31(27-17-34-19-37(27)4)26-15-22-7-6-12-35-30(22)29(24-9-8-23(33)16-25(24)26)21-10-13-38(14-11-21)32(40)42-20(2)3/h6-9,12,15-17,19-20,30-31,35H,5,10-11,13-14,18H2,1-4H3,(H,36,39). The molecule has 3 aliphatic rings. The summed E-state index contributed by atoms with van der Waals surface area (Å²) in [7, 11) is 1.92. The molecule has 42 heavy (non-hydrogen) atoms. The van der Waals surface area contributed by atoms with Crippen molar-refractivity contribution in [1.82, 2.24) is 25.1 Å². The quantitative estimate of drug-likeness (QED) is 0.461. The van der Waals surface area contributed by atoms with Gasteiger partial charge in [0.25, 0.3) is 0 Å². The maximum atomic E-state index is 13.1. The lowest BCUT2D eigenvalue weighted by Gasteiger charge is -2.33. The number of hydrogen-bond donors (Lipinski definition) is 2. The predicted molar refractivity (Wildman–Crippen MR) is 164 cm³/mol. The van der Waals surface area contributed by atoms with Crippen LogP contribution in [0.1, 0.15) is 56.5 Å². The number of aryl methyl sites for hydroxylation is 1. The Hall–Kier alpha value is -3.82. The van der Waals surface area contributed by atoms with Gasteiger partial charge in [0.1, 0.15) is 6.61 Å². The number of nitrogens with zero attached hydrogens (tertiary/aromatic N) is 3. The Morgan fingerprint density at radius 2 is 2.00 bits per heavy atom. The van der Waals surface area contributed by atoms with E-state index in [2.05, 4.69) is 33.8 Å². The molecule has 2 atom stereocenters. The number of piperidine rings is 1. The number of halogens is 1. The first-order valence-electron chi connectivity index (χ1n) is 14.4. The highest BCUT2D eigenvalue weighted by Crippen LogP contribution is 2.44. The second kappa shape index (κ2) is 13.0. The Balaban J connectivity index is 1.62. The van der Waals surface area contributed by atoms with Crippen LogP contribution in [0.4, 0.5) is 4.79 Å². The molecule has 2 unspecified atom stereocenters. The third-order valence-electron chi connectivity index (χ3n) is 7.72. The topological polar surface area (TPSA) is 97.7 Å². The summed E-state index contributed by atoms with van der Waals surface area (Å²) < 4.78 is 12.8. The van der Waals surface area contributed by atoms with E-state index in [4.69, 9.17) is 21.1 Å². The van der Waals surface area contributed by atoms with Crippen LogP contribution in [0.5, 0.6) is 0 Å². The van der Waals surface area contributed by atoms with E-state index < -0.39 is 6.04 Å². The van der Waals surface area contributed by atoms with Gasteiger partial charge in [0.2, 0.25) is 5.91 Å². The van der Waals surface area contributed by atoms with Crippen molar-refractivity contribution in [3.8, 4) is 0 Å². The average Bonchev–Trinajstić information content (AvgIpc) is 3.34. The summed E-state index contributed by atoms with van der Waals surface area (Å²) in [5, 5.41) is 7.39. The first-order valence-corrected chi connectivity index (χ1v) is 14.8. The molecule has 1 aromatic carbocycles. The Labute approximate surface area is 251 Å². The minimum atomic E-state index is -0.507. The van der Waals surface area contributed by atoms with Gasteiger partial charge in [-0.2, -0.15) is 0 Å². The van der Waals surface area contributed by atoms with Crippen LogP contribution in [0.3, 0.4) is 0 Å². The lowest BCUT2D eigenvalue weighted by molar-refractivity contribution is -0.126. The fraction of sp³-hybridized carbons (Fsp3) is 0.406. The highest BCUT2D eigenvalue weighted by atomic mass is 35.5. The molecule has 3 heterocycles. The second-order valence-electron chi connectivity index (χ2n) is 10.9. The maximum Gasteiger partial charge on any atom is 0.410 e. The van der Waals surface area contributed by atoms with Crippen LogP contribution < -0.4 is 10.6 Å². The number of carbonyl (C=O) groups excluding carboxylic acids is 2. The zero-order chi connectivity index (χ0) is 29.8. The van der Waals surface area contributed by atoms with E-state index in [0.717, 1.165) is 40.8 Å². The van der Waals surface area contributed by atoms with E-state index in [1.807, 2.05) is 56.8 Å². The Morgan fingerprint density at radius 1 is 1.21 bits per heavy atom. The number of imidazole rings is 1. The number of ether oxygens (including phenoxy) is 2. The number of amides is 2. The highest BCUT2D eigenvalue weighted by Gasteiger charge is 2.34. The number of fused-ring (bicyclic) bond motifs is 2. The molecule has 2 aromatic rings. The number of benzene rings is 1. The van der Waals surface area contributed by atoms with Gasteiger partial charge in [-0.1, -0.05) is 35.4 Å². The smallest absolute Gasteiger partial charge is 0.410 e. The van der Waals surface area contributed by atoms with Crippen LogP contribution in [-0.4, -0.2) is 64.9 Å². The van der Waals surface area contributed by atoms with Crippen LogP contribution >= 0.6 is 11.6 Å². The van der Waals surface area contributed by atoms with E-state index in [0.29, 0.717) is 24.7 Å². The second-order valence-corrected chi connectivity index (χ2v) is 11.4. The van der Waals surface area contributed by atoms with Gasteiger partial charge in [-0.15, -0.1) is 0 Å². The van der Waals surface area contributed by atoms with Crippen LogP contribution in [0.15, 0.2) is 66.3 Å². The van der Waals surface area contributed by atoms with Gasteiger partial charge in [-0.3, -0.25) is 4.79 Å². The minimum Gasteiger partial charge on any atom is -0.447 e. The molecule has 2 amide bonds. The fourth-order valence-corrected chi connectivity index (χ4v) is 5.95. The van der Waals surface area contributed by atoms with Gasteiger partial charge in [-0.05, 0) is 85.9 Å². The van der Waals surface area contributed by atoms with Crippen molar-refractivity contribution < 1.29 is 19.1 Å². The molecule has 222 valence electrons. The maximum absolute atomic E-state index is 13.1. The number of rotatable bonds is 7. The molecule has 1 aliphatic carbocycles. The number of hydrogen-bond acceptors (Lipinski definition) is 6. The van der Waals surface area contributed by atoms with E-state index in [1.165, 1.54) is 11.1 Å². The largest absolute Gasteiger partial charge is 0.447 e. The summed E-state index contributed by atoms with van der Waals surface area (Å²) in [6.07, 6.45) is 12.7. The predicted octanol–water partition coefficient (Wildman–Crippen LogP) is 5.17. The first kappa shape index (κ1) is 29.7. The molecule has 2 aliphatic heterocycles. The van der Waals surface area contributed by atoms with Gasteiger partial charge < -0.3 is 29.6 Å². The number of nitrogens with one attached hydrogen (secondary N) is 2. The number of aromatic nitrogens is 2. The molecular formula is C32H38ClN5O4. The van der Waals surface area contributed by atoms with Crippen molar-refractivity contribution in [3.63, 3.8) is 0 Å². The molecule has 1 fully saturated rings. The van der Waals surface area contributed by atoms with E-state index in [1.54, 1.807) is 17.4 Å². The third kappa shape index (κ3) is 6.32. The fourth-order valence-electron chi connectivity index (χ4n) is 5.78. The molecule has 1 aromatic heterocycles. The zero-order valence-electron chi connectivity index (χ0n) is 24.5. The summed E-state index contributed by atoms with van der Waals surface area (Å²) in [5.74, 6) is -0.219. The van der Waals surface area contributed by atoms with Gasteiger partial charge in [0.15, 0.2) is 0 Å². The van der Waals surface area contributed by atoms with Crippen molar-refractivity contribution in [2.75, 3.05) is 26.3 Å². The van der Waals surface area contributed by atoms with E-state index in [-0.39, 0.29) is 30.8 Å².